The number of nitrogens with one attached hydrogen (secondary N) is 2. The number of fused-ring (bicyclic) bond motifs is 1. The van der Waals surface area contributed by atoms with Gasteiger partial charge in [0, 0.05) is 21.0 Å². The van der Waals surface area contributed by atoms with Crippen molar-refractivity contribution in [2.75, 3.05) is 17.7 Å². The van der Waals surface area contributed by atoms with Gasteiger partial charge in [0.2, 0.25) is 5.91 Å². The first-order valence-electron chi connectivity index (χ1n) is 14.1. The number of methoxy groups -OCH3 is 1. The molecule has 0 saturated heterocycles. The predicted octanol–water partition coefficient (Wildman–Crippen LogP) is 7.88. The number of thiophene rings is 1. The molecule has 0 radical (unpaired) electrons. The largest absolute Gasteiger partial charge is 0.465 e. The van der Waals surface area contributed by atoms with Crippen LogP contribution < -0.4 is 10.6 Å². The normalized spacial score (nSPS) is 14.9. The number of benzene rings is 3. The van der Waals surface area contributed by atoms with Crippen LogP contribution in [-0.2, 0) is 22.4 Å². The highest BCUT2D eigenvalue weighted by Crippen LogP contribution is 2.43. The van der Waals surface area contributed by atoms with Crippen LogP contribution >= 0.6 is 23.1 Å². The first-order valence-corrected chi connectivity index (χ1v) is 15.8. The molecule has 0 bridgehead atoms. The van der Waals surface area contributed by atoms with E-state index in [2.05, 4.69) is 34.9 Å². The van der Waals surface area contributed by atoms with Crippen LogP contribution in [0.4, 0.5) is 10.7 Å². The van der Waals surface area contributed by atoms with Gasteiger partial charge in [-0.15, -0.1) is 23.1 Å². The summed E-state index contributed by atoms with van der Waals surface area (Å²) in [7, 11) is 1.38. The lowest BCUT2D eigenvalue weighted by molar-refractivity contribution is -0.115. The van der Waals surface area contributed by atoms with E-state index in [9.17, 15) is 14.4 Å². The van der Waals surface area contributed by atoms with E-state index in [1.54, 1.807) is 12.1 Å². The van der Waals surface area contributed by atoms with E-state index >= 15 is 0 Å². The summed E-state index contributed by atoms with van der Waals surface area (Å²) in [5.74, 6) is -0.392. The maximum atomic E-state index is 13.5. The molecule has 0 saturated carbocycles. The Morgan fingerprint density at radius 3 is 2.48 bits per heavy atom. The highest BCUT2D eigenvalue weighted by atomic mass is 32.2. The molecular weight excluding hydrogens is 565 g/mol. The van der Waals surface area contributed by atoms with Gasteiger partial charge < -0.3 is 15.4 Å². The summed E-state index contributed by atoms with van der Waals surface area (Å²) < 4.78 is 5.14. The summed E-state index contributed by atoms with van der Waals surface area (Å²) in [6.45, 7) is 3.94. The van der Waals surface area contributed by atoms with Crippen LogP contribution in [-0.4, -0.2) is 30.1 Å². The van der Waals surface area contributed by atoms with Gasteiger partial charge in [0.1, 0.15) is 5.00 Å². The highest BCUT2D eigenvalue weighted by Gasteiger charge is 2.31. The molecule has 1 heterocycles. The number of ether oxygens (including phenoxy) is 1. The Kier molecular flexibility index (Phi) is 9.45. The van der Waals surface area contributed by atoms with Gasteiger partial charge in [-0.1, -0.05) is 61.0 Å². The second-order valence-corrected chi connectivity index (χ2v) is 12.8. The summed E-state index contributed by atoms with van der Waals surface area (Å²) >= 11 is 2.92. The molecule has 2 N–H and O–H groups in total. The van der Waals surface area contributed by atoms with Crippen molar-refractivity contribution < 1.29 is 19.1 Å². The van der Waals surface area contributed by atoms with Gasteiger partial charge in [-0.25, -0.2) is 4.79 Å². The zero-order chi connectivity index (χ0) is 29.6. The number of carbonyl (C=O) groups is 3. The van der Waals surface area contributed by atoms with Crippen molar-refractivity contribution in [2.45, 2.75) is 55.6 Å². The number of esters is 1. The monoisotopic (exact) mass is 598 g/mol. The van der Waals surface area contributed by atoms with E-state index in [1.165, 1.54) is 35.8 Å². The van der Waals surface area contributed by atoms with Gasteiger partial charge in [0.15, 0.2) is 0 Å². The van der Waals surface area contributed by atoms with Crippen LogP contribution in [0, 0.1) is 6.92 Å². The molecule has 0 fully saturated rings. The molecule has 2 atom stereocenters. The van der Waals surface area contributed by atoms with Gasteiger partial charge >= 0.3 is 5.97 Å². The predicted molar refractivity (Wildman–Crippen MR) is 171 cm³/mol. The van der Waals surface area contributed by atoms with Gasteiger partial charge in [-0.2, -0.15) is 0 Å². The van der Waals surface area contributed by atoms with Crippen LogP contribution in [0.2, 0.25) is 0 Å². The molecule has 1 aromatic heterocycles. The fourth-order valence-electron chi connectivity index (χ4n) is 5.24. The summed E-state index contributed by atoms with van der Waals surface area (Å²) in [6.07, 6.45) is 3.12. The Morgan fingerprint density at radius 1 is 1.00 bits per heavy atom. The lowest BCUT2D eigenvalue weighted by Crippen LogP contribution is -2.25. The van der Waals surface area contributed by atoms with Crippen molar-refractivity contribution in [3.8, 4) is 0 Å². The van der Waals surface area contributed by atoms with E-state index < -0.39 is 11.2 Å². The molecule has 2 unspecified atom stereocenters. The van der Waals surface area contributed by atoms with E-state index in [-0.39, 0.29) is 11.8 Å². The number of anilines is 2. The smallest absolute Gasteiger partial charge is 0.341 e. The molecule has 0 aliphatic heterocycles. The molecule has 1 aliphatic rings. The van der Waals surface area contributed by atoms with Gasteiger partial charge in [-0.3, -0.25) is 9.59 Å². The number of thioether (sulfide) groups is 1. The van der Waals surface area contributed by atoms with Crippen molar-refractivity contribution in [3.63, 3.8) is 0 Å². The van der Waals surface area contributed by atoms with Crippen LogP contribution in [0.15, 0.2) is 83.8 Å². The van der Waals surface area contributed by atoms with Crippen molar-refractivity contribution >= 4 is 51.6 Å². The van der Waals surface area contributed by atoms with E-state index in [1.807, 2.05) is 56.3 Å². The Balaban J connectivity index is 1.30. The Morgan fingerprint density at radius 2 is 1.76 bits per heavy atom. The molecule has 4 aromatic rings. The second-order valence-electron chi connectivity index (χ2n) is 10.4. The molecule has 5 rings (SSSR count). The average Bonchev–Trinajstić information content (AvgIpc) is 3.37. The Labute approximate surface area is 254 Å². The third-order valence-electron chi connectivity index (χ3n) is 7.51. The van der Waals surface area contributed by atoms with Crippen LogP contribution in [0.1, 0.15) is 68.0 Å². The SMILES string of the molecule is CCC(Sc1cccc(NC(=O)c2ccc(C)cc2)c1)C(=O)Nc1sc2c(c1C(=O)OC)CCC(c1ccccc1)C2. The fourth-order valence-corrected chi connectivity index (χ4v) is 7.57. The van der Waals surface area contributed by atoms with Crippen molar-refractivity contribution in [3.05, 3.63) is 112 Å². The molecule has 1 aliphatic carbocycles. The topological polar surface area (TPSA) is 84.5 Å². The van der Waals surface area contributed by atoms with Crippen molar-refractivity contribution in [2.24, 2.45) is 0 Å². The first-order chi connectivity index (χ1) is 20.4. The minimum Gasteiger partial charge on any atom is -0.465 e. The third kappa shape index (κ3) is 6.77. The standard InChI is InChI=1S/C34H34N2O4S2/c1-4-28(41-26-12-8-11-25(20-26)35-31(37)23-15-13-21(2)14-16-23)32(38)36-33-30(34(39)40-3)27-18-17-24(19-29(27)42-33)22-9-6-5-7-10-22/h5-16,20,24,28H,4,17-19H2,1-3H3,(H,35,37)(H,36,38). The van der Waals surface area contributed by atoms with Crippen LogP contribution in [0.5, 0.6) is 0 Å². The maximum absolute atomic E-state index is 13.5. The quantitative estimate of drug-likeness (QED) is 0.151. The number of aryl methyl sites for hydroxylation is 1. The van der Waals surface area contributed by atoms with E-state index in [4.69, 9.17) is 4.74 Å². The molecule has 216 valence electrons. The zero-order valence-corrected chi connectivity index (χ0v) is 25.6. The molecule has 2 amide bonds. The number of hydrogen-bond acceptors (Lipinski definition) is 6. The summed E-state index contributed by atoms with van der Waals surface area (Å²) in [6, 6.07) is 25.3. The van der Waals surface area contributed by atoms with Gasteiger partial charge in [0.25, 0.3) is 5.91 Å². The summed E-state index contributed by atoms with van der Waals surface area (Å²) in [5, 5.41) is 6.18. The molecule has 0 spiro atoms. The molecule has 3 aromatic carbocycles. The maximum Gasteiger partial charge on any atom is 0.341 e. The molecule has 8 heteroatoms. The van der Waals surface area contributed by atoms with Gasteiger partial charge in [0.05, 0.1) is 17.9 Å². The Bertz CT molecular complexity index is 1580. The van der Waals surface area contributed by atoms with E-state index in [0.29, 0.717) is 34.2 Å². The number of rotatable bonds is 9. The van der Waals surface area contributed by atoms with Gasteiger partial charge in [-0.05, 0) is 80.0 Å². The summed E-state index contributed by atoms with van der Waals surface area (Å²) in [5.41, 5.74) is 5.10. The lowest BCUT2D eigenvalue weighted by Gasteiger charge is -2.22. The number of carbonyl (C=O) groups excluding carboxylic acids is 3. The number of hydrogen-bond donors (Lipinski definition) is 2. The molecule has 42 heavy (non-hydrogen) atoms. The van der Waals surface area contributed by atoms with Crippen LogP contribution in [0.3, 0.4) is 0 Å². The van der Waals surface area contributed by atoms with E-state index in [0.717, 1.165) is 40.2 Å². The van der Waals surface area contributed by atoms with Crippen molar-refractivity contribution in [1.82, 2.24) is 0 Å². The fraction of sp³-hybridized carbons (Fsp3) is 0.265. The lowest BCUT2D eigenvalue weighted by atomic mass is 9.83. The first kappa shape index (κ1) is 29.6. The Hall–Kier alpha value is -3.88. The summed E-state index contributed by atoms with van der Waals surface area (Å²) in [4.78, 5) is 41.1. The molecule has 6 nitrogen and oxygen atoms in total. The second kappa shape index (κ2) is 13.4. The third-order valence-corrected chi connectivity index (χ3v) is 10.0. The minimum absolute atomic E-state index is 0.167. The average molecular weight is 599 g/mol. The zero-order valence-electron chi connectivity index (χ0n) is 23.9. The molecular formula is C34H34N2O4S2. The number of amides is 2. The van der Waals surface area contributed by atoms with Crippen molar-refractivity contribution in [1.29, 1.82) is 0 Å². The minimum atomic E-state index is -0.418. The van der Waals surface area contributed by atoms with Crippen LogP contribution in [0.25, 0.3) is 0 Å². The highest BCUT2D eigenvalue weighted by molar-refractivity contribution is 8.00.